The van der Waals surface area contributed by atoms with Crippen molar-refractivity contribution >= 4 is 5.91 Å². The van der Waals surface area contributed by atoms with Gasteiger partial charge in [-0.05, 0) is 38.5 Å². The van der Waals surface area contributed by atoms with Crippen LogP contribution in [0.25, 0.3) is 0 Å². The highest BCUT2D eigenvalue weighted by molar-refractivity contribution is 5.76. The molecule has 6 N–H and O–H groups in total. The van der Waals surface area contributed by atoms with Crippen molar-refractivity contribution < 1.29 is 39.8 Å². The quantitative estimate of drug-likeness (QED) is 0.0277. The minimum absolute atomic E-state index is 0.146. The molecule has 308 valence electrons. The molecular formula is C43H83NO8. The predicted octanol–water partition coefficient (Wildman–Crippen LogP) is 8.56. The topological polar surface area (TPSA) is 149 Å². The summed E-state index contributed by atoms with van der Waals surface area (Å²) in [6.45, 7) is 3.81. The average Bonchev–Trinajstić information content (AvgIpc) is 3.14. The Morgan fingerprint density at radius 3 is 1.56 bits per heavy atom. The lowest BCUT2D eigenvalue weighted by Crippen LogP contribution is -2.60. The van der Waals surface area contributed by atoms with E-state index >= 15 is 0 Å². The summed E-state index contributed by atoms with van der Waals surface area (Å²) in [6.07, 6.45) is 30.7. The van der Waals surface area contributed by atoms with E-state index in [4.69, 9.17) is 9.47 Å². The van der Waals surface area contributed by atoms with Gasteiger partial charge in [0.15, 0.2) is 6.29 Å². The van der Waals surface area contributed by atoms with Gasteiger partial charge >= 0.3 is 0 Å². The van der Waals surface area contributed by atoms with Crippen LogP contribution in [0.3, 0.4) is 0 Å². The summed E-state index contributed by atoms with van der Waals surface area (Å²) < 4.78 is 11.2. The third kappa shape index (κ3) is 25.1. The number of hydrogen-bond donors (Lipinski definition) is 6. The number of carbonyl (C=O) groups excluding carboxylic acids is 1. The lowest BCUT2D eigenvalue weighted by atomic mass is 9.99. The fraction of sp³-hybridized carbons (Fsp3) is 0.930. The van der Waals surface area contributed by atoms with Crippen molar-refractivity contribution in [1.29, 1.82) is 0 Å². The molecule has 0 bridgehead atoms. The van der Waals surface area contributed by atoms with Gasteiger partial charge in [0, 0.05) is 6.42 Å². The maximum atomic E-state index is 12.9. The van der Waals surface area contributed by atoms with E-state index in [0.717, 1.165) is 44.9 Å². The van der Waals surface area contributed by atoms with Crippen LogP contribution in [0, 0.1) is 0 Å². The molecule has 1 heterocycles. The van der Waals surface area contributed by atoms with Gasteiger partial charge in [0.2, 0.25) is 5.91 Å². The Kier molecular flexibility index (Phi) is 32.4. The smallest absolute Gasteiger partial charge is 0.220 e. The molecule has 52 heavy (non-hydrogen) atoms. The van der Waals surface area contributed by atoms with E-state index < -0.39 is 49.5 Å². The van der Waals surface area contributed by atoms with Gasteiger partial charge in [-0.3, -0.25) is 4.79 Å². The molecule has 9 nitrogen and oxygen atoms in total. The Hall–Kier alpha value is -1.07. The maximum absolute atomic E-state index is 12.9. The van der Waals surface area contributed by atoms with Gasteiger partial charge in [0.1, 0.15) is 24.4 Å². The van der Waals surface area contributed by atoms with Crippen LogP contribution in [-0.4, -0.2) is 87.5 Å². The summed E-state index contributed by atoms with van der Waals surface area (Å²) in [6, 6.07) is -0.728. The van der Waals surface area contributed by atoms with Crippen molar-refractivity contribution in [3.05, 3.63) is 12.2 Å². The number of aliphatic hydroxyl groups is 5. The Labute approximate surface area is 318 Å². The number of nitrogens with one attached hydrogen (secondary N) is 1. The minimum Gasteiger partial charge on any atom is -0.394 e. The monoisotopic (exact) mass is 742 g/mol. The number of hydrogen-bond acceptors (Lipinski definition) is 8. The SMILES string of the molecule is CCCCCCCCCCCCC/C=C/CCCC[C@@H](O)[C@H](CO[C@@H]1O[C@H](CO)[C@@H](O)C(O)C1O)NC(=O)CCCCCCCCCCCCCC. The van der Waals surface area contributed by atoms with Crippen molar-refractivity contribution in [2.75, 3.05) is 13.2 Å². The van der Waals surface area contributed by atoms with Crippen LogP contribution in [0.2, 0.25) is 0 Å². The molecule has 0 radical (unpaired) electrons. The molecule has 0 aromatic rings. The highest BCUT2D eigenvalue weighted by atomic mass is 16.7. The summed E-state index contributed by atoms with van der Waals surface area (Å²) >= 11 is 0. The zero-order chi connectivity index (χ0) is 38.1. The van der Waals surface area contributed by atoms with E-state index in [-0.39, 0.29) is 12.5 Å². The van der Waals surface area contributed by atoms with Crippen LogP contribution < -0.4 is 5.32 Å². The zero-order valence-electron chi connectivity index (χ0n) is 33.6. The second kappa shape index (κ2) is 34.4. The number of allylic oxidation sites excluding steroid dienone is 2. The number of carbonyl (C=O) groups is 1. The molecule has 0 spiro atoms. The van der Waals surface area contributed by atoms with Crippen molar-refractivity contribution in [2.45, 2.75) is 243 Å². The molecule has 1 fully saturated rings. The minimum atomic E-state index is -1.55. The first-order chi connectivity index (χ1) is 25.3. The average molecular weight is 742 g/mol. The Morgan fingerprint density at radius 2 is 1.08 bits per heavy atom. The third-order valence-electron chi connectivity index (χ3n) is 10.6. The number of ether oxygens (including phenoxy) is 2. The molecule has 1 rings (SSSR count). The molecular weight excluding hydrogens is 658 g/mol. The van der Waals surface area contributed by atoms with Crippen molar-refractivity contribution in [1.82, 2.24) is 5.32 Å². The lowest BCUT2D eigenvalue weighted by Gasteiger charge is -2.40. The summed E-state index contributed by atoms with van der Waals surface area (Å²) in [5, 5.41) is 54.2. The summed E-state index contributed by atoms with van der Waals surface area (Å²) in [5.74, 6) is -0.154. The first kappa shape index (κ1) is 48.9. The highest BCUT2D eigenvalue weighted by Crippen LogP contribution is 2.23. The number of aliphatic hydroxyl groups excluding tert-OH is 5. The molecule has 0 aliphatic carbocycles. The normalized spacial score (nSPS) is 21.9. The van der Waals surface area contributed by atoms with E-state index in [9.17, 15) is 30.3 Å². The van der Waals surface area contributed by atoms with E-state index in [0.29, 0.717) is 12.8 Å². The first-order valence-electron chi connectivity index (χ1n) is 21.9. The highest BCUT2D eigenvalue weighted by Gasteiger charge is 2.44. The first-order valence-corrected chi connectivity index (χ1v) is 21.9. The van der Waals surface area contributed by atoms with E-state index in [1.54, 1.807) is 0 Å². The largest absolute Gasteiger partial charge is 0.394 e. The molecule has 2 unspecified atom stereocenters. The van der Waals surface area contributed by atoms with Gasteiger partial charge in [-0.2, -0.15) is 0 Å². The molecule has 1 aliphatic rings. The van der Waals surface area contributed by atoms with Gasteiger partial charge in [-0.25, -0.2) is 0 Å². The maximum Gasteiger partial charge on any atom is 0.220 e. The molecule has 1 saturated heterocycles. The van der Waals surface area contributed by atoms with Gasteiger partial charge in [0.25, 0.3) is 0 Å². The van der Waals surface area contributed by atoms with E-state index in [1.807, 2.05) is 0 Å². The van der Waals surface area contributed by atoms with Gasteiger partial charge < -0.3 is 40.3 Å². The molecule has 1 aliphatic heterocycles. The fourth-order valence-electron chi connectivity index (χ4n) is 7.04. The Bertz CT molecular complexity index is 827. The summed E-state index contributed by atoms with van der Waals surface area (Å²) in [4.78, 5) is 12.9. The Balaban J connectivity index is 2.37. The second-order valence-electron chi connectivity index (χ2n) is 15.5. The fourth-order valence-corrected chi connectivity index (χ4v) is 7.04. The van der Waals surface area contributed by atoms with Crippen LogP contribution in [-0.2, 0) is 14.3 Å². The predicted molar refractivity (Wildman–Crippen MR) is 212 cm³/mol. The van der Waals surface area contributed by atoms with Crippen molar-refractivity contribution in [2.24, 2.45) is 0 Å². The van der Waals surface area contributed by atoms with Crippen LogP contribution >= 0.6 is 0 Å². The molecule has 1 amide bonds. The second-order valence-corrected chi connectivity index (χ2v) is 15.5. The van der Waals surface area contributed by atoms with Crippen LogP contribution in [0.4, 0.5) is 0 Å². The Morgan fingerprint density at radius 1 is 0.635 bits per heavy atom. The van der Waals surface area contributed by atoms with E-state index in [2.05, 4.69) is 31.3 Å². The molecule has 0 aromatic carbocycles. The third-order valence-corrected chi connectivity index (χ3v) is 10.6. The number of unbranched alkanes of at least 4 members (excludes halogenated alkanes) is 24. The molecule has 0 aromatic heterocycles. The van der Waals surface area contributed by atoms with E-state index in [1.165, 1.54) is 128 Å². The van der Waals surface area contributed by atoms with Crippen LogP contribution in [0.5, 0.6) is 0 Å². The van der Waals surface area contributed by atoms with Crippen LogP contribution in [0.15, 0.2) is 12.2 Å². The van der Waals surface area contributed by atoms with Gasteiger partial charge in [-0.15, -0.1) is 0 Å². The lowest BCUT2D eigenvalue weighted by molar-refractivity contribution is -0.302. The van der Waals surface area contributed by atoms with Gasteiger partial charge in [-0.1, -0.05) is 167 Å². The standard InChI is InChI=1S/C43H83NO8/c1-3-5-7-9-11-13-15-17-18-19-20-21-22-24-26-28-30-32-37(46)36(35-51-43-42(50)41(49)40(48)38(34-45)52-43)44-39(47)33-31-29-27-25-23-16-14-12-10-8-6-4-2/h22,24,36-38,40-43,45-46,48-50H,3-21,23,25-35H2,1-2H3,(H,44,47)/b24-22+/t36-,37+,38+,40+,41?,42?,43+/m0/s1. The molecule has 0 saturated carbocycles. The van der Waals surface area contributed by atoms with Crippen molar-refractivity contribution in [3.8, 4) is 0 Å². The summed E-state index contributed by atoms with van der Waals surface area (Å²) in [7, 11) is 0. The molecule has 9 heteroatoms. The number of rotatable bonds is 36. The molecule has 7 atom stereocenters. The van der Waals surface area contributed by atoms with Gasteiger partial charge in [0.05, 0.1) is 25.4 Å². The van der Waals surface area contributed by atoms with Crippen molar-refractivity contribution in [3.63, 3.8) is 0 Å². The number of amides is 1. The summed E-state index contributed by atoms with van der Waals surface area (Å²) in [5.41, 5.74) is 0. The zero-order valence-corrected chi connectivity index (χ0v) is 33.6. The van der Waals surface area contributed by atoms with Crippen LogP contribution in [0.1, 0.15) is 200 Å².